The number of aliphatic hydroxyl groups excluding tert-OH is 2. The van der Waals surface area contributed by atoms with Crippen molar-refractivity contribution in [2.24, 2.45) is 0 Å². The van der Waals surface area contributed by atoms with Crippen molar-refractivity contribution < 1.29 is 68.8 Å². The SMILES string of the molecule is C[C@H](OC(O)C[C@H](O)C(=O)OC1=CC[C@@]2(O)[C@H]3Cc4ccc(O)c5c4C2(CCN3C)[C@H]1O5)C(=O)O[C@H](CC(=O)O)C(=O)O. The normalized spacial score (nSPS) is 29.7. The Labute approximate surface area is 244 Å². The first-order valence-electron chi connectivity index (χ1n) is 13.7. The maximum absolute atomic E-state index is 12.9. The van der Waals surface area contributed by atoms with E-state index in [1.807, 2.05) is 7.05 Å². The van der Waals surface area contributed by atoms with Crippen molar-refractivity contribution in [1.29, 1.82) is 0 Å². The molecule has 8 atom stereocenters. The summed E-state index contributed by atoms with van der Waals surface area (Å²) in [4.78, 5) is 49.0. The number of carbonyl (C=O) groups excluding carboxylic acids is 2. The van der Waals surface area contributed by atoms with E-state index in [1.54, 1.807) is 6.07 Å². The highest BCUT2D eigenvalue weighted by Crippen LogP contribution is 2.65. The molecule has 6 N–H and O–H groups in total. The van der Waals surface area contributed by atoms with Gasteiger partial charge in [-0.25, -0.2) is 14.4 Å². The number of benzene rings is 1. The molecule has 2 unspecified atom stereocenters. The largest absolute Gasteiger partial charge is 0.504 e. The van der Waals surface area contributed by atoms with Crippen LogP contribution in [0.2, 0.25) is 0 Å². The van der Waals surface area contributed by atoms with Gasteiger partial charge < -0.3 is 54.5 Å². The minimum absolute atomic E-state index is 0.0333. The van der Waals surface area contributed by atoms with Crippen LogP contribution < -0.4 is 4.74 Å². The van der Waals surface area contributed by atoms with Crippen LogP contribution in [0, 0.1) is 0 Å². The molecule has 2 aliphatic carbocycles. The highest BCUT2D eigenvalue weighted by atomic mass is 16.6. The van der Waals surface area contributed by atoms with Crippen LogP contribution in [0.5, 0.6) is 11.5 Å². The van der Waals surface area contributed by atoms with Gasteiger partial charge in [-0.05, 0) is 51.1 Å². The zero-order chi connectivity index (χ0) is 31.4. The second-order valence-electron chi connectivity index (χ2n) is 11.4. The fraction of sp³-hybridized carbons (Fsp3) is 0.571. The number of esters is 2. The summed E-state index contributed by atoms with van der Waals surface area (Å²) >= 11 is 0. The average molecular weight is 608 g/mol. The first kappa shape index (κ1) is 30.7. The van der Waals surface area contributed by atoms with E-state index in [0.29, 0.717) is 24.9 Å². The lowest BCUT2D eigenvalue weighted by Crippen LogP contribution is -2.74. The van der Waals surface area contributed by atoms with Crippen molar-refractivity contribution >= 4 is 23.9 Å². The van der Waals surface area contributed by atoms with Crippen LogP contribution >= 0.6 is 0 Å². The summed E-state index contributed by atoms with van der Waals surface area (Å²) in [6, 6.07) is 3.06. The van der Waals surface area contributed by atoms with Crippen molar-refractivity contribution in [2.45, 2.75) is 86.8 Å². The van der Waals surface area contributed by atoms with Gasteiger partial charge in [0.25, 0.3) is 0 Å². The number of phenols is 1. The Balaban J connectivity index is 1.26. The highest BCUT2D eigenvalue weighted by molar-refractivity contribution is 5.84. The summed E-state index contributed by atoms with van der Waals surface area (Å²) in [6.45, 7) is 1.71. The van der Waals surface area contributed by atoms with Gasteiger partial charge in [0.2, 0.25) is 6.10 Å². The minimum atomic E-state index is -1.99. The van der Waals surface area contributed by atoms with Crippen molar-refractivity contribution in [1.82, 2.24) is 4.90 Å². The lowest BCUT2D eigenvalue weighted by molar-refractivity contribution is -0.193. The van der Waals surface area contributed by atoms with Crippen molar-refractivity contribution in [2.75, 3.05) is 13.6 Å². The van der Waals surface area contributed by atoms with E-state index in [4.69, 9.17) is 24.4 Å². The molecule has 4 aliphatic rings. The zero-order valence-corrected chi connectivity index (χ0v) is 23.3. The maximum atomic E-state index is 12.9. The number of likely N-dealkylation sites (tertiary alicyclic amines) is 1. The standard InChI is InChI=1S/C28H33NO14/c1-12(25(37)42-17(24(35)36)11-19(32)33)40-20(34)10-15(31)26(38)41-16-5-6-28(39)18-9-13-3-4-14(30)22-21(13)27(28,23(16)43-22)7-8-29(18)2/h3-5,12,15,17-18,20,23,30-31,34,39H,6-11H2,1-2H3,(H,32,33)(H,35,36)/t12-,15-,17+,18+,20?,23-,27?,28+/m0/s1. The number of likely N-dealkylation sites (N-methyl/N-ethyl adjacent to an activating group) is 1. The molecule has 0 radical (unpaired) electrons. The molecule has 15 nitrogen and oxygen atoms in total. The zero-order valence-electron chi connectivity index (χ0n) is 23.3. The molecule has 1 saturated heterocycles. The molecule has 2 aliphatic heterocycles. The van der Waals surface area contributed by atoms with Crippen LogP contribution in [0.1, 0.15) is 43.7 Å². The summed E-state index contributed by atoms with van der Waals surface area (Å²) < 4.78 is 21.3. The number of aliphatic hydroxyl groups is 3. The van der Waals surface area contributed by atoms with Gasteiger partial charge >= 0.3 is 23.9 Å². The van der Waals surface area contributed by atoms with E-state index in [0.717, 1.165) is 12.5 Å². The van der Waals surface area contributed by atoms with Gasteiger partial charge in [0.15, 0.2) is 36.1 Å². The second-order valence-corrected chi connectivity index (χ2v) is 11.4. The van der Waals surface area contributed by atoms with Crippen LogP contribution in [-0.2, 0) is 45.2 Å². The first-order valence-corrected chi connectivity index (χ1v) is 13.7. The Morgan fingerprint density at radius 1 is 1.16 bits per heavy atom. The summed E-state index contributed by atoms with van der Waals surface area (Å²) in [7, 11) is 1.93. The lowest BCUT2D eigenvalue weighted by atomic mass is 9.50. The number of rotatable bonds is 11. The van der Waals surface area contributed by atoms with E-state index in [2.05, 4.69) is 9.64 Å². The molecular weight excluding hydrogens is 574 g/mol. The van der Waals surface area contributed by atoms with Crippen molar-refractivity contribution in [3.63, 3.8) is 0 Å². The van der Waals surface area contributed by atoms with Gasteiger partial charge in [-0.15, -0.1) is 0 Å². The number of aliphatic carboxylic acids is 2. The van der Waals surface area contributed by atoms with E-state index in [9.17, 15) is 39.6 Å². The summed E-state index contributed by atoms with van der Waals surface area (Å²) in [5.74, 6) is -5.54. The molecule has 0 aromatic heterocycles. The Bertz CT molecular complexity index is 1380. The van der Waals surface area contributed by atoms with Crippen molar-refractivity contribution in [3.05, 3.63) is 35.1 Å². The molecule has 1 aromatic rings. The average Bonchev–Trinajstić information content (AvgIpc) is 3.29. The van der Waals surface area contributed by atoms with Gasteiger partial charge in [-0.2, -0.15) is 0 Å². The molecule has 234 valence electrons. The molecular formula is C28H33NO14. The number of hydrogen-bond donors (Lipinski definition) is 6. The van der Waals surface area contributed by atoms with Gasteiger partial charge in [0.05, 0.1) is 17.4 Å². The number of aromatic hydroxyl groups is 1. The number of hydrogen-bond acceptors (Lipinski definition) is 13. The number of ether oxygens (including phenoxy) is 4. The molecule has 0 saturated carbocycles. The third-order valence-corrected chi connectivity index (χ3v) is 8.86. The highest BCUT2D eigenvalue weighted by Gasteiger charge is 2.72. The molecule has 1 fully saturated rings. The quantitative estimate of drug-likeness (QED) is 0.133. The lowest BCUT2D eigenvalue weighted by Gasteiger charge is -2.61. The number of carbonyl (C=O) groups is 4. The summed E-state index contributed by atoms with van der Waals surface area (Å²) in [5.41, 5.74) is -0.711. The molecule has 1 spiro atoms. The second kappa shape index (κ2) is 11.1. The van der Waals surface area contributed by atoms with E-state index in [1.165, 1.54) is 12.1 Å². The van der Waals surface area contributed by atoms with Gasteiger partial charge in [0.1, 0.15) is 5.76 Å². The third-order valence-electron chi connectivity index (χ3n) is 8.86. The van der Waals surface area contributed by atoms with Crippen LogP contribution in [0.15, 0.2) is 24.0 Å². The maximum Gasteiger partial charge on any atom is 0.345 e. The van der Waals surface area contributed by atoms with E-state index in [-0.39, 0.29) is 29.7 Å². The predicted octanol–water partition coefficient (Wildman–Crippen LogP) is -0.841. The number of nitrogens with zero attached hydrogens (tertiary/aromatic N) is 1. The minimum Gasteiger partial charge on any atom is -0.504 e. The van der Waals surface area contributed by atoms with Crippen LogP contribution in [0.3, 0.4) is 0 Å². The van der Waals surface area contributed by atoms with Gasteiger partial charge in [-0.1, -0.05) is 6.07 Å². The Morgan fingerprint density at radius 3 is 2.56 bits per heavy atom. The first-order chi connectivity index (χ1) is 20.2. The van der Waals surface area contributed by atoms with Gasteiger partial charge in [-0.3, -0.25) is 4.79 Å². The third kappa shape index (κ3) is 5.00. The topological polar surface area (TPSA) is 230 Å². The molecule has 5 rings (SSSR count). The smallest absolute Gasteiger partial charge is 0.345 e. The molecule has 43 heavy (non-hydrogen) atoms. The summed E-state index contributed by atoms with van der Waals surface area (Å²) in [5, 5.41) is 61.2. The molecule has 0 amide bonds. The monoisotopic (exact) mass is 607 g/mol. The van der Waals surface area contributed by atoms with E-state index < -0.39 is 78.4 Å². The number of carboxylic acid groups (broad SMARTS) is 2. The Hall–Kier alpha value is -3.76. The van der Waals surface area contributed by atoms with Crippen molar-refractivity contribution in [3.8, 4) is 11.5 Å². The van der Waals surface area contributed by atoms with Gasteiger partial charge in [0, 0.05) is 24.4 Å². The summed E-state index contributed by atoms with van der Waals surface area (Å²) in [6.07, 6.45) is -7.53. The van der Waals surface area contributed by atoms with Crippen LogP contribution in [0.4, 0.5) is 0 Å². The predicted molar refractivity (Wildman–Crippen MR) is 140 cm³/mol. The molecule has 15 heteroatoms. The van der Waals surface area contributed by atoms with E-state index >= 15 is 0 Å². The number of phenolic OH excluding ortho intramolecular Hbond substituents is 1. The fourth-order valence-electron chi connectivity index (χ4n) is 6.83. The Morgan fingerprint density at radius 2 is 1.88 bits per heavy atom. The van der Waals surface area contributed by atoms with Crippen LogP contribution in [0.25, 0.3) is 0 Å². The van der Waals surface area contributed by atoms with Crippen LogP contribution in [-0.4, -0.2) is 115 Å². The molecule has 1 aromatic carbocycles. The Kier molecular flexibility index (Phi) is 7.89. The number of carboxylic acids is 2. The number of piperidine rings is 1. The molecule has 2 bridgehead atoms. The fourth-order valence-corrected chi connectivity index (χ4v) is 6.83. The molecule has 2 heterocycles.